The van der Waals surface area contributed by atoms with Gasteiger partial charge in [0.25, 0.3) is 0 Å². The second-order valence-corrected chi connectivity index (χ2v) is 12.5. The van der Waals surface area contributed by atoms with Crippen LogP contribution in [0.5, 0.6) is 0 Å². The van der Waals surface area contributed by atoms with Crippen LogP contribution in [0.4, 0.5) is 5.69 Å². The van der Waals surface area contributed by atoms with Gasteiger partial charge in [-0.2, -0.15) is 0 Å². The minimum absolute atomic E-state index is 0.126. The molecule has 0 aliphatic heterocycles. The quantitative estimate of drug-likeness (QED) is 0.250. The van der Waals surface area contributed by atoms with Gasteiger partial charge in [0, 0.05) is 15.1 Å². The lowest BCUT2D eigenvalue weighted by Crippen LogP contribution is -2.18. The molecule has 6 nitrogen and oxygen atoms in total. The van der Waals surface area contributed by atoms with Crippen molar-refractivity contribution in [3.63, 3.8) is 0 Å². The van der Waals surface area contributed by atoms with Crippen LogP contribution in [0.1, 0.15) is 64.2 Å². The summed E-state index contributed by atoms with van der Waals surface area (Å²) in [5.74, 6) is 1.04. The van der Waals surface area contributed by atoms with Crippen molar-refractivity contribution in [1.29, 1.82) is 0 Å². The molecule has 0 aromatic carbocycles. The molecule has 2 aliphatic rings. The molecule has 0 saturated carbocycles. The highest BCUT2D eigenvalue weighted by atomic mass is 32.2. The summed E-state index contributed by atoms with van der Waals surface area (Å²) in [6.45, 7) is 6.64. The molecule has 3 aromatic heterocycles. The number of fused-ring (bicyclic) bond motifs is 4. The van der Waals surface area contributed by atoms with Gasteiger partial charge < -0.3 is 10.1 Å². The van der Waals surface area contributed by atoms with Crippen LogP contribution >= 0.6 is 34.4 Å². The Bertz CT molecular complexity index is 1250. The fraction of sp³-hybridized carbons (Fsp3) is 0.520. The average Bonchev–Trinajstić information content (AvgIpc) is 3.35. The number of thioether (sulfide) groups is 1. The number of amides is 1. The predicted octanol–water partition coefficient (Wildman–Crippen LogP) is 5.91. The van der Waals surface area contributed by atoms with E-state index in [0.29, 0.717) is 29.0 Å². The molecule has 3 heterocycles. The number of aromatic nitrogens is 2. The summed E-state index contributed by atoms with van der Waals surface area (Å²) >= 11 is 4.69. The summed E-state index contributed by atoms with van der Waals surface area (Å²) in [4.78, 5) is 38.9. The molecule has 180 valence electrons. The summed E-state index contributed by atoms with van der Waals surface area (Å²) in [7, 11) is 0. The van der Waals surface area contributed by atoms with E-state index in [2.05, 4.69) is 29.1 Å². The van der Waals surface area contributed by atoms with E-state index < -0.39 is 0 Å². The zero-order chi connectivity index (χ0) is 23.8. The zero-order valence-corrected chi connectivity index (χ0v) is 22.2. The number of carbonyl (C=O) groups is 2. The largest absolute Gasteiger partial charge is 0.462 e. The van der Waals surface area contributed by atoms with Gasteiger partial charge in [0.15, 0.2) is 0 Å². The van der Waals surface area contributed by atoms with Crippen molar-refractivity contribution < 1.29 is 14.3 Å². The minimum Gasteiger partial charge on any atom is -0.462 e. The molecule has 34 heavy (non-hydrogen) atoms. The lowest BCUT2D eigenvalue weighted by atomic mass is 9.89. The number of nitrogens with one attached hydrogen (secondary N) is 1. The summed E-state index contributed by atoms with van der Waals surface area (Å²) < 4.78 is 5.28. The number of ether oxygens (including phenoxy) is 1. The molecule has 2 aliphatic carbocycles. The summed E-state index contributed by atoms with van der Waals surface area (Å²) in [6, 6.07) is 0. The maximum Gasteiger partial charge on any atom is 0.350 e. The highest BCUT2D eigenvalue weighted by Crippen LogP contribution is 2.42. The van der Waals surface area contributed by atoms with Gasteiger partial charge in [-0.05, 0) is 68.4 Å². The molecule has 0 saturated heterocycles. The number of anilines is 1. The smallest absolute Gasteiger partial charge is 0.350 e. The Kier molecular flexibility index (Phi) is 6.95. The fourth-order valence-electron chi connectivity index (χ4n) is 4.89. The third-order valence-electron chi connectivity index (χ3n) is 6.63. The Hall–Kier alpha value is -1.97. The number of thiophene rings is 2. The first-order valence-electron chi connectivity index (χ1n) is 11.9. The van der Waals surface area contributed by atoms with Crippen molar-refractivity contribution in [2.45, 2.75) is 64.3 Å². The van der Waals surface area contributed by atoms with Gasteiger partial charge in [-0.3, -0.25) is 4.79 Å². The number of aryl methyl sites for hydroxylation is 1. The van der Waals surface area contributed by atoms with Crippen LogP contribution < -0.4 is 5.32 Å². The van der Waals surface area contributed by atoms with E-state index in [1.165, 1.54) is 44.8 Å². The Morgan fingerprint density at radius 2 is 1.79 bits per heavy atom. The van der Waals surface area contributed by atoms with E-state index in [1.807, 2.05) is 0 Å². The average molecular weight is 516 g/mol. The van der Waals surface area contributed by atoms with Crippen molar-refractivity contribution in [3.05, 3.63) is 32.1 Å². The van der Waals surface area contributed by atoms with Crippen LogP contribution in [-0.2, 0) is 35.2 Å². The van der Waals surface area contributed by atoms with Crippen molar-refractivity contribution >= 4 is 62.2 Å². The molecule has 5 rings (SSSR count). The Morgan fingerprint density at radius 1 is 1.09 bits per heavy atom. The van der Waals surface area contributed by atoms with E-state index in [-0.39, 0.29) is 17.6 Å². The van der Waals surface area contributed by atoms with E-state index in [1.54, 1.807) is 24.6 Å². The third kappa shape index (κ3) is 4.62. The second kappa shape index (κ2) is 9.95. The normalized spacial score (nSPS) is 19.5. The molecule has 1 N–H and O–H groups in total. The number of esters is 1. The third-order valence-corrected chi connectivity index (χ3v) is 10.0. The van der Waals surface area contributed by atoms with Crippen molar-refractivity contribution in [2.75, 3.05) is 17.7 Å². The van der Waals surface area contributed by atoms with Gasteiger partial charge in [0.2, 0.25) is 5.91 Å². The molecule has 3 aromatic rings. The first kappa shape index (κ1) is 23.8. The first-order chi connectivity index (χ1) is 16.4. The monoisotopic (exact) mass is 515 g/mol. The fourth-order valence-corrected chi connectivity index (χ4v) is 8.49. The van der Waals surface area contributed by atoms with Crippen LogP contribution in [0, 0.1) is 11.8 Å². The molecule has 0 spiro atoms. The SMILES string of the molecule is CCOC(=O)c1sc2c(c1NC(=O)CSc1ncnc3sc4c(c13)CC[C@H](C)C4)CC[C@@H](C)C2. The zero-order valence-electron chi connectivity index (χ0n) is 19.7. The standard InChI is InChI=1S/C25H29N3O3S3/c1-4-31-25(30)22-21(16-8-6-14(3)10-18(16)33-22)28-19(29)11-32-23-20-15-7-5-13(2)9-17(15)34-24(20)27-12-26-23/h12-14H,4-11H2,1-3H3,(H,28,29)/t13-,14+/m0/s1. The lowest BCUT2D eigenvalue weighted by Gasteiger charge is -2.19. The first-order valence-corrected chi connectivity index (χ1v) is 14.6. The number of nitrogens with zero attached hydrogens (tertiary/aromatic N) is 2. The van der Waals surface area contributed by atoms with Crippen LogP contribution in [0.25, 0.3) is 10.2 Å². The Labute approximate surface area is 211 Å². The predicted molar refractivity (Wildman–Crippen MR) is 139 cm³/mol. The van der Waals surface area contributed by atoms with E-state index >= 15 is 0 Å². The summed E-state index contributed by atoms with van der Waals surface area (Å²) in [5.41, 5.74) is 3.13. The topological polar surface area (TPSA) is 81.2 Å². The number of hydrogen-bond donors (Lipinski definition) is 1. The highest BCUT2D eigenvalue weighted by Gasteiger charge is 2.29. The maximum atomic E-state index is 13.1. The van der Waals surface area contributed by atoms with Crippen molar-refractivity contribution in [1.82, 2.24) is 9.97 Å². The Morgan fingerprint density at radius 3 is 2.53 bits per heavy atom. The minimum atomic E-state index is -0.353. The Balaban J connectivity index is 1.36. The van der Waals surface area contributed by atoms with Crippen LogP contribution in [0.2, 0.25) is 0 Å². The summed E-state index contributed by atoms with van der Waals surface area (Å²) in [5, 5.41) is 5.06. The van der Waals surface area contributed by atoms with Gasteiger partial charge >= 0.3 is 5.97 Å². The van der Waals surface area contributed by atoms with E-state index in [9.17, 15) is 9.59 Å². The molecule has 0 radical (unpaired) electrons. The van der Waals surface area contributed by atoms with Gasteiger partial charge in [-0.1, -0.05) is 25.6 Å². The van der Waals surface area contributed by atoms with Crippen molar-refractivity contribution in [3.8, 4) is 0 Å². The van der Waals surface area contributed by atoms with E-state index in [0.717, 1.165) is 52.9 Å². The van der Waals surface area contributed by atoms with Gasteiger partial charge in [-0.25, -0.2) is 14.8 Å². The molecule has 1 amide bonds. The second-order valence-electron chi connectivity index (χ2n) is 9.32. The van der Waals surface area contributed by atoms with E-state index in [4.69, 9.17) is 4.74 Å². The number of hydrogen-bond acceptors (Lipinski definition) is 8. The molecule has 9 heteroatoms. The number of carbonyl (C=O) groups excluding carboxylic acids is 2. The molecular weight excluding hydrogens is 486 g/mol. The lowest BCUT2D eigenvalue weighted by molar-refractivity contribution is -0.113. The molecule has 0 unspecified atom stereocenters. The van der Waals surface area contributed by atoms with Crippen molar-refractivity contribution in [2.24, 2.45) is 11.8 Å². The highest BCUT2D eigenvalue weighted by molar-refractivity contribution is 8.00. The molecule has 2 atom stereocenters. The van der Waals surface area contributed by atoms with Crippen LogP contribution in [-0.4, -0.2) is 34.2 Å². The number of rotatable bonds is 6. The molecule has 0 fully saturated rings. The van der Waals surface area contributed by atoms with Gasteiger partial charge in [0.1, 0.15) is 21.1 Å². The van der Waals surface area contributed by atoms with Crippen LogP contribution in [0.3, 0.4) is 0 Å². The summed E-state index contributed by atoms with van der Waals surface area (Å²) in [6.07, 6.45) is 7.80. The molecule has 0 bridgehead atoms. The van der Waals surface area contributed by atoms with Gasteiger partial charge in [-0.15, -0.1) is 22.7 Å². The van der Waals surface area contributed by atoms with Crippen LogP contribution in [0.15, 0.2) is 11.4 Å². The maximum absolute atomic E-state index is 13.1. The van der Waals surface area contributed by atoms with Gasteiger partial charge in [0.05, 0.1) is 18.0 Å². The molecular formula is C25H29N3O3S3.